The van der Waals surface area contributed by atoms with E-state index in [0.29, 0.717) is 24.7 Å². The summed E-state index contributed by atoms with van der Waals surface area (Å²) in [6.45, 7) is 0.562. The molecule has 0 aromatic heterocycles. The van der Waals surface area contributed by atoms with E-state index in [2.05, 4.69) is 6.07 Å². The molecule has 0 spiro atoms. The summed E-state index contributed by atoms with van der Waals surface area (Å²) in [5.41, 5.74) is 0.757. The number of nitro groups is 1. The molecule has 0 amide bonds. The van der Waals surface area contributed by atoms with Crippen molar-refractivity contribution in [2.75, 3.05) is 11.4 Å². The third kappa shape index (κ3) is 2.53. The van der Waals surface area contributed by atoms with Crippen LogP contribution in [-0.2, 0) is 0 Å². The zero-order chi connectivity index (χ0) is 12.3. The fourth-order valence-corrected chi connectivity index (χ4v) is 1.92. The van der Waals surface area contributed by atoms with E-state index in [4.69, 9.17) is 5.26 Å². The van der Waals surface area contributed by atoms with Crippen molar-refractivity contribution < 1.29 is 4.92 Å². The number of benzene rings is 1. The van der Waals surface area contributed by atoms with E-state index in [-0.39, 0.29) is 10.6 Å². The molecule has 0 radical (unpaired) electrons. The summed E-state index contributed by atoms with van der Waals surface area (Å²) in [6.07, 6.45) is 2.50. The maximum Gasteiger partial charge on any atom is 0.292 e. The number of hydrogen-bond acceptors (Lipinski definition) is 4. The Morgan fingerprint density at radius 1 is 1.47 bits per heavy atom. The smallest absolute Gasteiger partial charge is 0.292 e. The topological polar surface area (TPSA) is 70.2 Å². The van der Waals surface area contributed by atoms with Crippen LogP contribution in [0.15, 0.2) is 24.3 Å². The Morgan fingerprint density at radius 2 is 2.18 bits per heavy atom. The van der Waals surface area contributed by atoms with Crippen molar-refractivity contribution >= 4 is 11.4 Å². The van der Waals surface area contributed by atoms with Crippen LogP contribution in [0, 0.1) is 21.4 Å². The fourth-order valence-electron chi connectivity index (χ4n) is 1.92. The van der Waals surface area contributed by atoms with E-state index in [9.17, 15) is 10.1 Å². The minimum absolute atomic E-state index is 0.123. The molecule has 17 heavy (non-hydrogen) atoms. The van der Waals surface area contributed by atoms with Gasteiger partial charge in [0.25, 0.3) is 5.69 Å². The molecule has 2 rings (SSSR count). The van der Waals surface area contributed by atoms with E-state index in [1.165, 1.54) is 6.07 Å². The molecule has 1 saturated carbocycles. The Kier molecular flexibility index (Phi) is 3.24. The van der Waals surface area contributed by atoms with Crippen molar-refractivity contribution in [2.24, 2.45) is 0 Å². The van der Waals surface area contributed by atoms with E-state index >= 15 is 0 Å². The first-order valence-corrected chi connectivity index (χ1v) is 5.61. The molecule has 0 atom stereocenters. The van der Waals surface area contributed by atoms with Crippen molar-refractivity contribution in [1.82, 2.24) is 0 Å². The normalized spacial score (nSPS) is 14.1. The molecule has 1 aliphatic carbocycles. The summed E-state index contributed by atoms with van der Waals surface area (Å²) < 4.78 is 0. The van der Waals surface area contributed by atoms with Gasteiger partial charge in [0.05, 0.1) is 17.4 Å². The van der Waals surface area contributed by atoms with Crippen molar-refractivity contribution in [3.05, 3.63) is 34.4 Å². The van der Waals surface area contributed by atoms with Crippen LogP contribution in [-0.4, -0.2) is 17.5 Å². The van der Waals surface area contributed by atoms with E-state index < -0.39 is 0 Å². The maximum atomic E-state index is 11.0. The third-order valence-corrected chi connectivity index (χ3v) is 2.84. The summed E-state index contributed by atoms with van der Waals surface area (Å²) in [5.74, 6) is 0. The second-order valence-electron chi connectivity index (χ2n) is 4.08. The minimum atomic E-state index is -0.364. The monoisotopic (exact) mass is 231 g/mol. The van der Waals surface area contributed by atoms with Gasteiger partial charge >= 0.3 is 0 Å². The predicted molar refractivity (Wildman–Crippen MR) is 63.7 cm³/mol. The molecule has 0 heterocycles. The SMILES string of the molecule is N#CCCN(c1ccccc1[N+](=O)[O-])C1CC1. The van der Waals surface area contributed by atoms with Gasteiger partial charge in [0, 0.05) is 18.7 Å². The lowest BCUT2D eigenvalue weighted by molar-refractivity contribution is -0.384. The standard InChI is InChI=1S/C12H13N3O2/c13-8-3-9-14(10-6-7-10)11-4-1-2-5-12(11)15(16)17/h1-2,4-5,10H,3,6-7,9H2. The van der Waals surface area contributed by atoms with Gasteiger partial charge in [-0.05, 0) is 18.9 Å². The molecule has 0 bridgehead atoms. The molecular formula is C12H13N3O2. The van der Waals surface area contributed by atoms with Crippen LogP contribution in [0.3, 0.4) is 0 Å². The molecule has 1 aromatic rings. The maximum absolute atomic E-state index is 11.0. The molecule has 0 saturated heterocycles. The quantitative estimate of drug-likeness (QED) is 0.576. The van der Waals surface area contributed by atoms with Crippen LogP contribution in [0.1, 0.15) is 19.3 Å². The van der Waals surface area contributed by atoms with Gasteiger partial charge in [-0.3, -0.25) is 10.1 Å². The summed E-state index contributed by atoms with van der Waals surface area (Å²) in [5, 5.41) is 19.6. The Morgan fingerprint density at radius 3 is 2.76 bits per heavy atom. The number of para-hydroxylation sites is 2. The highest BCUT2D eigenvalue weighted by atomic mass is 16.6. The zero-order valence-electron chi connectivity index (χ0n) is 9.37. The highest BCUT2D eigenvalue weighted by molar-refractivity contribution is 5.64. The summed E-state index contributed by atoms with van der Waals surface area (Å²) >= 11 is 0. The molecule has 1 fully saturated rings. The van der Waals surface area contributed by atoms with Crippen molar-refractivity contribution in [2.45, 2.75) is 25.3 Å². The van der Waals surface area contributed by atoms with Gasteiger partial charge in [-0.1, -0.05) is 12.1 Å². The average Bonchev–Trinajstić information content (AvgIpc) is 3.14. The lowest BCUT2D eigenvalue weighted by atomic mass is 10.2. The molecule has 1 aliphatic rings. The number of anilines is 1. The molecule has 1 aromatic carbocycles. The molecule has 0 unspecified atom stereocenters. The molecule has 0 N–H and O–H groups in total. The van der Waals surface area contributed by atoms with Crippen LogP contribution >= 0.6 is 0 Å². The van der Waals surface area contributed by atoms with Crippen molar-refractivity contribution in [1.29, 1.82) is 5.26 Å². The third-order valence-electron chi connectivity index (χ3n) is 2.84. The Balaban J connectivity index is 2.29. The highest BCUT2D eigenvalue weighted by Crippen LogP contribution is 2.36. The van der Waals surface area contributed by atoms with Crippen LogP contribution in [0.5, 0.6) is 0 Å². The van der Waals surface area contributed by atoms with Gasteiger partial charge in [-0.25, -0.2) is 0 Å². The highest BCUT2D eigenvalue weighted by Gasteiger charge is 2.32. The van der Waals surface area contributed by atoms with Gasteiger partial charge in [0.1, 0.15) is 5.69 Å². The first-order chi connectivity index (χ1) is 8.24. The van der Waals surface area contributed by atoms with E-state index in [1.54, 1.807) is 18.2 Å². The number of nitriles is 1. The van der Waals surface area contributed by atoms with Gasteiger partial charge in [0.15, 0.2) is 0 Å². The molecule has 5 nitrogen and oxygen atoms in total. The first-order valence-electron chi connectivity index (χ1n) is 5.61. The summed E-state index contributed by atoms with van der Waals surface area (Å²) in [4.78, 5) is 12.6. The van der Waals surface area contributed by atoms with Crippen molar-refractivity contribution in [3.63, 3.8) is 0 Å². The number of hydrogen-bond donors (Lipinski definition) is 0. The molecule has 88 valence electrons. The lowest BCUT2D eigenvalue weighted by Gasteiger charge is -2.22. The van der Waals surface area contributed by atoms with Crippen LogP contribution < -0.4 is 4.90 Å². The van der Waals surface area contributed by atoms with E-state index in [1.807, 2.05) is 4.90 Å². The molecule has 0 aliphatic heterocycles. The van der Waals surface area contributed by atoms with Gasteiger partial charge in [-0.15, -0.1) is 0 Å². The number of rotatable bonds is 5. The first kappa shape index (κ1) is 11.4. The fraction of sp³-hybridized carbons (Fsp3) is 0.417. The predicted octanol–water partition coefficient (Wildman–Crippen LogP) is 2.48. The second-order valence-corrected chi connectivity index (χ2v) is 4.08. The summed E-state index contributed by atoms with van der Waals surface area (Å²) in [7, 11) is 0. The van der Waals surface area contributed by atoms with E-state index in [0.717, 1.165) is 12.8 Å². The largest absolute Gasteiger partial charge is 0.362 e. The molecule has 5 heteroatoms. The summed E-state index contributed by atoms with van der Waals surface area (Å²) in [6, 6.07) is 9.18. The Labute approximate surface area is 99.4 Å². The lowest BCUT2D eigenvalue weighted by Crippen LogP contribution is -2.27. The minimum Gasteiger partial charge on any atom is -0.362 e. The van der Waals surface area contributed by atoms with Crippen LogP contribution in [0.4, 0.5) is 11.4 Å². The number of nitro benzene ring substituents is 1. The van der Waals surface area contributed by atoms with Gasteiger partial charge in [-0.2, -0.15) is 5.26 Å². The average molecular weight is 231 g/mol. The second kappa shape index (κ2) is 4.83. The molecular weight excluding hydrogens is 218 g/mol. The number of nitrogens with zero attached hydrogens (tertiary/aromatic N) is 3. The Hall–Kier alpha value is -2.09. The van der Waals surface area contributed by atoms with Crippen LogP contribution in [0.2, 0.25) is 0 Å². The zero-order valence-corrected chi connectivity index (χ0v) is 9.37. The van der Waals surface area contributed by atoms with Crippen molar-refractivity contribution in [3.8, 4) is 6.07 Å². The van der Waals surface area contributed by atoms with Crippen LogP contribution in [0.25, 0.3) is 0 Å². The van der Waals surface area contributed by atoms with Gasteiger partial charge < -0.3 is 4.90 Å². The Bertz CT molecular complexity index is 463. The van der Waals surface area contributed by atoms with Gasteiger partial charge in [0.2, 0.25) is 0 Å².